The minimum atomic E-state index is 0.291. The zero-order valence-electron chi connectivity index (χ0n) is 13.2. The molecule has 1 aromatic rings. The summed E-state index contributed by atoms with van der Waals surface area (Å²) in [4.78, 5) is 0. The topological polar surface area (TPSA) is 22.3 Å². The number of methoxy groups -OCH3 is 2. The van der Waals surface area contributed by atoms with Crippen LogP contribution in [-0.2, 0) is 0 Å². The van der Waals surface area contributed by atoms with Gasteiger partial charge in [0.05, 0.1) is 25.2 Å². The number of halogens is 1. The van der Waals surface area contributed by atoms with Crippen molar-refractivity contribution in [3.63, 3.8) is 0 Å². The molecule has 1 aliphatic carbocycles. The van der Waals surface area contributed by atoms with Gasteiger partial charge < -0.3 is 9.47 Å². The summed E-state index contributed by atoms with van der Waals surface area (Å²) >= 11 is 6.62. The zero-order chi connectivity index (χ0) is 15.9. The van der Waals surface area contributed by atoms with Gasteiger partial charge in [-0.3, -0.25) is 0 Å². The fraction of sp³-hybridized carbons (Fsp3) is 0.278. The zero-order valence-corrected chi connectivity index (χ0v) is 13.9. The molecule has 0 bridgehead atoms. The molecule has 3 rings (SSSR count). The molecule has 0 amide bonds. The third-order valence-electron chi connectivity index (χ3n) is 3.91. The highest BCUT2D eigenvalue weighted by molar-refractivity contribution is 6.33. The summed E-state index contributed by atoms with van der Waals surface area (Å²) in [6, 6.07) is 12.4. The number of rotatable bonds is 3. The minimum absolute atomic E-state index is 0.291. The summed E-state index contributed by atoms with van der Waals surface area (Å²) in [7, 11) is 3.26. The number of hydrogen-bond acceptors (Lipinski definition) is 2. The number of para-hydroxylation sites is 1. The van der Waals surface area contributed by atoms with E-state index in [9.17, 15) is 0 Å². The van der Waals surface area contributed by atoms with Gasteiger partial charge in [0.15, 0.2) is 17.5 Å². The van der Waals surface area contributed by atoms with Crippen LogP contribution in [0.1, 0.15) is 19.9 Å². The largest absolute Gasteiger partial charge is 0.493 e. The molecule has 0 N–H and O–H groups in total. The molecule has 22 heavy (non-hydrogen) atoms. The lowest BCUT2D eigenvalue weighted by Gasteiger charge is -2.02. The highest BCUT2D eigenvalue weighted by Gasteiger charge is 2.30. The number of nitrogens with zero attached hydrogens (tertiary/aromatic N) is 1. The third-order valence-corrected chi connectivity index (χ3v) is 4.20. The van der Waals surface area contributed by atoms with E-state index in [4.69, 9.17) is 21.1 Å². The Morgan fingerprint density at radius 1 is 1.00 bits per heavy atom. The molecule has 0 fully saturated rings. The summed E-state index contributed by atoms with van der Waals surface area (Å²) < 4.78 is 13.2. The van der Waals surface area contributed by atoms with Crippen molar-refractivity contribution in [2.75, 3.05) is 14.2 Å². The van der Waals surface area contributed by atoms with Crippen LogP contribution in [0.2, 0.25) is 5.02 Å². The standard InChI is InChI=1S/C18H19ClNO2/c1-11(2)20-15-8-6-5-7-12(15)13-9-16(21-3)17(22-4)10-14(19)18(13)20/h5-11H,1-4H3/q+1. The van der Waals surface area contributed by atoms with Crippen molar-refractivity contribution >= 4 is 22.5 Å². The van der Waals surface area contributed by atoms with Gasteiger partial charge in [-0.05, 0) is 26.0 Å². The molecule has 0 saturated carbocycles. The Morgan fingerprint density at radius 3 is 2.27 bits per heavy atom. The average Bonchev–Trinajstić information content (AvgIpc) is 2.77. The van der Waals surface area contributed by atoms with Crippen LogP contribution in [0.15, 0.2) is 36.4 Å². The monoisotopic (exact) mass is 316 g/mol. The molecule has 0 radical (unpaired) electrons. The Balaban J connectivity index is 2.53. The summed E-state index contributed by atoms with van der Waals surface area (Å²) in [6.07, 6.45) is 0. The van der Waals surface area contributed by atoms with Gasteiger partial charge in [0.2, 0.25) is 11.2 Å². The van der Waals surface area contributed by atoms with Gasteiger partial charge >= 0.3 is 0 Å². The molecule has 0 atom stereocenters. The van der Waals surface area contributed by atoms with Crippen molar-refractivity contribution in [1.29, 1.82) is 0 Å². The van der Waals surface area contributed by atoms with Crippen LogP contribution in [0.5, 0.6) is 11.5 Å². The van der Waals surface area contributed by atoms with Crippen LogP contribution in [0.3, 0.4) is 0 Å². The second-order valence-electron chi connectivity index (χ2n) is 5.52. The average molecular weight is 317 g/mol. The molecule has 114 valence electrons. The van der Waals surface area contributed by atoms with E-state index < -0.39 is 0 Å². The first-order valence-electron chi connectivity index (χ1n) is 7.26. The molecule has 4 heteroatoms. The Morgan fingerprint density at radius 2 is 1.64 bits per heavy atom. The van der Waals surface area contributed by atoms with E-state index in [-0.39, 0.29) is 0 Å². The Hall–Kier alpha value is -2.00. The van der Waals surface area contributed by atoms with Crippen molar-refractivity contribution in [3.05, 3.63) is 41.4 Å². The van der Waals surface area contributed by atoms with Gasteiger partial charge in [-0.15, -0.1) is 0 Å². The molecule has 3 nitrogen and oxygen atoms in total. The van der Waals surface area contributed by atoms with Crippen molar-refractivity contribution in [3.8, 4) is 22.8 Å². The quantitative estimate of drug-likeness (QED) is 0.665. The predicted octanol–water partition coefficient (Wildman–Crippen LogP) is 4.48. The third kappa shape index (κ3) is 2.17. The fourth-order valence-corrected chi connectivity index (χ4v) is 3.28. The van der Waals surface area contributed by atoms with Crippen LogP contribution >= 0.6 is 11.6 Å². The van der Waals surface area contributed by atoms with Gasteiger partial charge in [0, 0.05) is 12.1 Å². The first-order chi connectivity index (χ1) is 10.6. The fourth-order valence-electron chi connectivity index (χ4n) is 2.99. The van der Waals surface area contributed by atoms with E-state index in [1.165, 1.54) is 5.52 Å². The molecular weight excluding hydrogens is 298 g/mol. The maximum atomic E-state index is 6.62. The molecule has 0 saturated heterocycles. The summed E-state index contributed by atoms with van der Waals surface area (Å²) in [5.41, 5.74) is 3.23. The second-order valence-corrected chi connectivity index (χ2v) is 5.92. The van der Waals surface area contributed by atoms with Gasteiger partial charge in [-0.25, -0.2) is 0 Å². The van der Waals surface area contributed by atoms with E-state index in [1.807, 2.05) is 24.3 Å². The molecule has 2 aliphatic rings. The van der Waals surface area contributed by atoms with E-state index in [0.717, 1.165) is 16.6 Å². The normalized spacial score (nSPS) is 11.4. The number of benzene rings is 1. The molecule has 0 unspecified atom stereocenters. The lowest BCUT2D eigenvalue weighted by atomic mass is 10.1. The van der Waals surface area contributed by atoms with Crippen molar-refractivity contribution in [2.45, 2.75) is 19.9 Å². The molecule has 0 aromatic heterocycles. The maximum Gasteiger partial charge on any atom is 0.233 e. The SMILES string of the molecule is COc1cc(Cl)c2[n+](C(C)C)c3ccccc3c-2cc1OC. The second kappa shape index (κ2) is 5.65. The number of fused-ring (bicyclic) bond motifs is 3. The highest BCUT2D eigenvalue weighted by Crippen LogP contribution is 2.40. The van der Waals surface area contributed by atoms with Crippen LogP contribution in [0.4, 0.5) is 0 Å². The summed E-state index contributed by atoms with van der Waals surface area (Å²) in [5, 5.41) is 1.81. The van der Waals surface area contributed by atoms with E-state index in [0.29, 0.717) is 22.6 Å². The Labute approximate surface area is 135 Å². The van der Waals surface area contributed by atoms with Crippen molar-refractivity contribution < 1.29 is 14.0 Å². The first kappa shape index (κ1) is 14.9. The maximum absolute atomic E-state index is 6.62. The molecule has 1 heterocycles. The molecular formula is C18H19ClNO2+. The van der Waals surface area contributed by atoms with Crippen molar-refractivity contribution in [1.82, 2.24) is 0 Å². The van der Waals surface area contributed by atoms with Gasteiger partial charge in [0.25, 0.3) is 0 Å². The number of ether oxygens (including phenoxy) is 2. The van der Waals surface area contributed by atoms with Crippen LogP contribution < -0.4 is 14.0 Å². The lowest BCUT2D eigenvalue weighted by molar-refractivity contribution is -0.678. The Bertz CT molecular complexity index is 814. The predicted molar refractivity (Wildman–Crippen MR) is 89.3 cm³/mol. The minimum Gasteiger partial charge on any atom is -0.493 e. The lowest BCUT2D eigenvalue weighted by Crippen LogP contribution is -2.36. The van der Waals surface area contributed by atoms with E-state index in [1.54, 1.807) is 14.2 Å². The summed E-state index contributed by atoms with van der Waals surface area (Å²) in [5.74, 6) is 1.30. The number of hydrogen-bond donors (Lipinski definition) is 0. The number of aromatic nitrogens is 1. The molecule has 1 aliphatic heterocycles. The van der Waals surface area contributed by atoms with Gasteiger partial charge in [-0.1, -0.05) is 23.7 Å². The van der Waals surface area contributed by atoms with Crippen LogP contribution in [0, 0.1) is 0 Å². The van der Waals surface area contributed by atoms with Crippen LogP contribution in [0.25, 0.3) is 22.2 Å². The van der Waals surface area contributed by atoms with Crippen LogP contribution in [-0.4, -0.2) is 14.2 Å². The molecule has 1 aromatic carbocycles. The van der Waals surface area contributed by atoms with Crippen molar-refractivity contribution in [2.24, 2.45) is 0 Å². The van der Waals surface area contributed by atoms with Gasteiger partial charge in [-0.2, -0.15) is 4.57 Å². The first-order valence-corrected chi connectivity index (χ1v) is 7.63. The van der Waals surface area contributed by atoms with E-state index >= 15 is 0 Å². The smallest absolute Gasteiger partial charge is 0.233 e. The van der Waals surface area contributed by atoms with Gasteiger partial charge in [0.1, 0.15) is 5.02 Å². The molecule has 0 spiro atoms. The Kier molecular flexibility index (Phi) is 3.83. The summed E-state index contributed by atoms with van der Waals surface area (Å²) in [6.45, 7) is 4.31. The van der Waals surface area contributed by atoms with E-state index in [2.05, 4.69) is 30.5 Å². The highest BCUT2D eigenvalue weighted by atomic mass is 35.5.